The number of benzene rings is 1. The van der Waals surface area contributed by atoms with Crippen molar-refractivity contribution in [2.24, 2.45) is 0 Å². The highest BCUT2D eigenvalue weighted by Crippen LogP contribution is 2.39. The van der Waals surface area contributed by atoms with E-state index in [1.807, 2.05) is 0 Å². The Labute approximate surface area is 118 Å². The molecule has 3 nitrogen and oxygen atoms in total. The molecule has 94 valence electrons. The van der Waals surface area contributed by atoms with Crippen LogP contribution in [0.5, 0.6) is 0 Å². The summed E-state index contributed by atoms with van der Waals surface area (Å²) in [6, 6.07) is 5.22. The number of nitrogen functional groups attached to an aromatic ring is 1. The van der Waals surface area contributed by atoms with Crippen LogP contribution in [0.4, 0.5) is 5.00 Å². The van der Waals surface area contributed by atoms with E-state index < -0.39 is 5.97 Å². The van der Waals surface area contributed by atoms with Crippen LogP contribution in [0.1, 0.15) is 10.4 Å². The minimum Gasteiger partial charge on any atom is -0.465 e. The lowest BCUT2D eigenvalue weighted by Crippen LogP contribution is -2.04. The van der Waals surface area contributed by atoms with E-state index in [9.17, 15) is 4.79 Å². The van der Waals surface area contributed by atoms with Crippen LogP contribution in [-0.4, -0.2) is 13.1 Å². The average molecular weight is 302 g/mol. The Hall–Kier alpha value is -1.23. The second-order valence-corrected chi connectivity index (χ2v) is 5.18. The summed E-state index contributed by atoms with van der Waals surface area (Å²) in [6.07, 6.45) is 0. The fraction of sp³-hybridized carbons (Fsp3) is 0.0833. The van der Waals surface area contributed by atoms with Crippen LogP contribution in [0.2, 0.25) is 10.0 Å². The fourth-order valence-electron chi connectivity index (χ4n) is 1.60. The van der Waals surface area contributed by atoms with Crippen LogP contribution >= 0.6 is 34.5 Å². The van der Waals surface area contributed by atoms with Gasteiger partial charge in [0.15, 0.2) is 0 Å². The number of halogens is 2. The fourth-order valence-corrected chi connectivity index (χ4v) is 2.80. The predicted molar refractivity (Wildman–Crippen MR) is 75.5 cm³/mol. The van der Waals surface area contributed by atoms with Gasteiger partial charge in [0, 0.05) is 16.5 Å². The Kier molecular flexibility index (Phi) is 3.80. The minimum absolute atomic E-state index is 0.326. The van der Waals surface area contributed by atoms with Crippen molar-refractivity contribution >= 4 is 45.5 Å². The molecule has 0 aliphatic rings. The molecule has 1 aromatic carbocycles. The van der Waals surface area contributed by atoms with E-state index >= 15 is 0 Å². The summed E-state index contributed by atoms with van der Waals surface area (Å²) < 4.78 is 4.72. The second kappa shape index (κ2) is 5.18. The van der Waals surface area contributed by atoms with Gasteiger partial charge in [0.1, 0.15) is 10.6 Å². The van der Waals surface area contributed by atoms with Gasteiger partial charge < -0.3 is 10.5 Å². The molecule has 0 saturated carbocycles. The first-order valence-electron chi connectivity index (χ1n) is 4.96. The zero-order valence-electron chi connectivity index (χ0n) is 9.37. The highest BCUT2D eigenvalue weighted by Gasteiger charge is 2.21. The first-order valence-corrected chi connectivity index (χ1v) is 6.59. The van der Waals surface area contributed by atoms with Gasteiger partial charge in [-0.2, -0.15) is 0 Å². The average Bonchev–Trinajstić information content (AvgIpc) is 2.73. The Morgan fingerprint density at radius 2 is 2.06 bits per heavy atom. The molecular weight excluding hydrogens is 293 g/mol. The Bertz CT molecular complexity index is 610. The molecule has 18 heavy (non-hydrogen) atoms. The third-order valence-electron chi connectivity index (χ3n) is 2.45. The normalized spacial score (nSPS) is 10.4. The molecule has 0 saturated heterocycles. The van der Waals surface area contributed by atoms with E-state index in [1.165, 1.54) is 18.4 Å². The molecular formula is C12H9Cl2NO2S. The number of esters is 1. The van der Waals surface area contributed by atoms with Crippen molar-refractivity contribution in [1.82, 2.24) is 0 Å². The van der Waals surface area contributed by atoms with E-state index in [0.717, 1.165) is 0 Å². The number of carbonyl (C=O) groups excluding carboxylic acids is 1. The molecule has 2 rings (SSSR count). The number of thiophene rings is 1. The Balaban J connectivity index is 2.65. The van der Waals surface area contributed by atoms with Crippen molar-refractivity contribution in [3.8, 4) is 11.1 Å². The van der Waals surface area contributed by atoms with Crippen LogP contribution < -0.4 is 5.73 Å². The van der Waals surface area contributed by atoms with E-state index in [0.29, 0.717) is 31.7 Å². The molecule has 2 aromatic rings. The summed E-state index contributed by atoms with van der Waals surface area (Å²) in [5, 5.41) is 2.98. The van der Waals surface area contributed by atoms with Crippen LogP contribution in [-0.2, 0) is 4.74 Å². The van der Waals surface area contributed by atoms with Crippen molar-refractivity contribution in [3.63, 3.8) is 0 Å². The number of nitrogens with two attached hydrogens (primary N) is 1. The van der Waals surface area contributed by atoms with Gasteiger partial charge in [0.25, 0.3) is 0 Å². The molecule has 1 heterocycles. The summed E-state index contributed by atoms with van der Waals surface area (Å²) in [4.78, 5) is 11.7. The summed E-state index contributed by atoms with van der Waals surface area (Å²) in [5.74, 6) is -0.486. The summed E-state index contributed by atoms with van der Waals surface area (Å²) in [6.45, 7) is 0. The molecule has 0 bridgehead atoms. The zero-order valence-corrected chi connectivity index (χ0v) is 11.7. The molecule has 0 spiro atoms. The van der Waals surface area contributed by atoms with Crippen LogP contribution in [0.15, 0.2) is 23.6 Å². The smallest absolute Gasteiger partial charge is 0.341 e. The first-order chi connectivity index (χ1) is 8.56. The van der Waals surface area contributed by atoms with Crippen LogP contribution in [0.25, 0.3) is 11.1 Å². The number of hydrogen-bond acceptors (Lipinski definition) is 4. The van der Waals surface area contributed by atoms with Crippen molar-refractivity contribution < 1.29 is 9.53 Å². The topological polar surface area (TPSA) is 52.3 Å². The SMILES string of the molecule is COC(=O)c1c(-c2cccc(Cl)c2Cl)csc1N. The van der Waals surface area contributed by atoms with E-state index in [1.54, 1.807) is 23.6 Å². The molecule has 0 unspecified atom stereocenters. The predicted octanol–water partition coefficient (Wildman–Crippen LogP) is 4.09. The lowest BCUT2D eigenvalue weighted by atomic mass is 10.0. The second-order valence-electron chi connectivity index (χ2n) is 3.48. The highest BCUT2D eigenvalue weighted by atomic mass is 35.5. The Morgan fingerprint density at radius 3 is 2.72 bits per heavy atom. The maximum atomic E-state index is 11.7. The largest absolute Gasteiger partial charge is 0.465 e. The number of anilines is 1. The molecule has 2 N–H and O–H groups in total. The molecule has 1 aromatic heterocycles. The van der Waals surface area contributed by atoms with Gasteiger partial charge >= 0.3 is 5.97 Å². The van der Waals surface area contributed by atoms with E-state index in [2.05, 4.69) is 0 Å². The molecule has 0 atom stereocenters. The monoisotopic (exact) mass is 301 g/mol. The van der Waals surface area contributed by atoms with Crippen LogP contribution in [0.3, 0.4) is 0 Å². The number of hydrogen-bond donors (Lipinski definition) is 1. The molecule has 0 fully saturated rings. The highest BCUT2D eigenvalue weighted by molar-refractivity contribution is 7.15. The number of ether oxygens (including phenoxy) is 1. The van der Waals surface area contributed by atoms with Gasteiger partial charge in [0.2, 0.25) is 0 Å². The standard InChI is InChI=1S/C12H9Cl2NO2S/c1-17-12(16)9-7(5-18-11(9)15)6-3-2-4-8(13)10(6)14/h2-5H,15H2,1H3. The van der Waals surface area contributed by atoms with Gasteiger partial charge in [-0.05, 0) is 6.07 Å². The number of rotatable bonds is 2. The van der Waals surface area contributed by atoms with Crippen molar-refractivity contribution in [2.75, 3.05) is 12.8 Å². The van der Waals surface area contributed by atoms with E-state index in [-0.39, 0.29) is 0 Å². The third kappa shape index (κ3) is 2.19. The van der Waals surface area contributed by atoms with Gasteiger partial charge in [-0.3, -0.25) is 0 Å². The maximum Gasteiger partial charge on any atom is 0.341 e. The summed E-state index contributed by atoms with van der Waals surface area (Å²) in [7, 11) is 1.31. The Morgan fingerprint density at radius 1 is 1.33 bits per heavy atom. The number of methoxy groups -OCH3 is 1. The van der Waals surface area contributed by atoms with Crippen molar-refractivity contribution in [3.05, 3.63) is 39.2 Å². The molecule has 0 radical (unpaired) electrons. The van der Waals surface area contributed by atoms with Crippen molar-refractivity contribution in [1.29, 1.82) is 0 Å². The van der Waals surface area contributed by atoms with Crippen molar-refractivity contribution in [2.45, 2.75) is 0 Å². The summed E-state index contributed by atoms with van der Waals surface area (Å²) >= 11 is 13.4. The molecule has 0 aliphatic carbocycles. The quantitative estimate of drug-likeness (QED) is 0.850. The number of carbonyl (C=O) groups is 1. The molecule has 6 heteroatoms. The first kappa shape index (κ1) is 13.2. The zero-order chi connectivity index (χ0) is 13.3. The van der Waals surface area contributed by atoms with Gasteiger partial charge in [0.05, 0.1) is 17.2 Å². The lowest BCUT2D eigenvalue weighted by Gasteiger charge is -2.07. The van der Waals surface area contributed by atoms with Gasteiger partial charge in [-0.15, -0.1) is 11.3 Å². The summed E-state index contributed by atoms with van der Waals surface area (Å²) in [5.41, 5.74) is 7.41. The maximum absolute atomic E-state index is 11.7. The molecule has 0 amide bonds. The minimum atomic E-state index is -0.486. The van der Waals surface area contributed by atoms with Gasteiger partial charge in [-0.25, -0.2) is 4.79 Å². The van der Waals surface area contributed by atoms with E-state index in [4.69, 9.17) is 33.7 Å². The molecule has 0 aliphatic heterocycles. The van der Waals surface area contributed by atoms with Crippen LogP contribution in [0, 0.1) is 0 Å². The lowest BCUT2D eigenvalue weighted by molar-refractivity contribution is 0.0603. The third-order valence-corrected chi connectivity index (χ3v) is 4.08. The van der Waals surface area contributed by atoms with Gasteiger partial charge in [-0.1, -0.05) is 35.3 Å².